The summed E-state index contributed by atoms with van der Waals surface area (Å²) >= 11 is 0. The van der Waals surface area contributed by atoms with Crippen molar-refractivity contribution >= 4 is 11.8 Å². The predicted molar refractivity (Wildman–Crippen MR) is 58.7 cm³/mol. The van der Waals surface area contributed by atoms with E-state index in [1.54, 1.807) is 4.90 Å². The van der Waals surface area contributed by atoms with Gasteiger partial charge in [-0.1, -0.05) is 0 Å². The molecule has 6 nitrogen and oxygen atoms in total. The van der Waals surface area contributed by atoms with Crippen LogP contribution in [0.15, 0.2) is 0 Å². The summed E-state index contributed by atoms with van der Waals surface area (Å²) < 4.78 is 0. The Morgan fingerprint density at radius 3 is 1.75 bits per heavy atom. The van der Waals surface area contributed by atoms with Crippen LogP contribution in [0, 0.1) is 0 Å². The number of nitrogens with zero attached hydrogens (tertiary/aromatic N) is 3. The lowest BCUT2D eigenvalue weighted by Crippen LogP contribution is -2.44. The molecule has 90 valence electrons. The van der Waals surface area contributed by atoms with Gasteiger partial charge >= 0.3 is 11.8 Å². The first-order valence-electron chi connectivity index (χ1n) is 5.70. The third-order valence-electron chi connectivity index (χ3n) is 2.95. The van der Waals surface area contributed by atoms with Crippen LogP contribution in [-0.2, 0) is 9.59 Å². The fourth-order valence-electron chi connectivity index (χ4n) is 1.58. The lowest BCUT2D eigenvalue weighted by Gasteiger charge is -2.21. The average molecular weight is 226 g/mol. The minimum Gasteiger partial charge on any atom is -0.361 e. The van der Waals surface area contributed by atoms with E-state index in [1.807, 2.05) is 0 Å². The standard InChI is InChI=1S/C10H18N4O2/c11-9(15)10(16)14(7-5-12-1-2-12)8-6-13-3-4-13/h1-8H2,(H2,11,15). The highest BCUT2D eigenvalue weighted by Crippen LogP contribution is 2.05. The van der Waals surface area contributed by atoms with Crippen LogP contribution in [0.4, 0.5) is 0 Å². The van der Waals surface area contributed by atoms with E-state index in [9.17, 15) is 9.59 Å². The van der Waals surface area contributed by atoms with Crippen molar-refractivity contribution in [2.24, 2.45) is 5.73 Å². The Balaban J connectivity index is 1.76. The van der Waals surface area contributed by atoms with Gasteiger partial charge in [-0.05, 0) is 0 Å². The predicted octanol–water partition coefficient (Wildman–Crippen LogP) is -2.07. The van der Waals surface area contributed by atoms with Crippen LogP contribution in [0.1, 0.15) is 0 Å². The molecule has 0 aromatic heterocycles. The molecule has 0 bridgehead atoms. The molecule has 0 aliphatic carbocycles. The van der Waals surface area contributed by atoms with E-state index in [2.05, 4.69) is 9.80 Å². The van der Waals surface area contributed by atoms with E-state index >= 15 is 0 Å². The van der Waals surface area contributed by atoms with Crippen molar-refractivity contribution in [2.75, 3.05) is 52.4 Å². The molecule has 2 heterocycles. The van der Waals surface area contributed by atoms with Crippen molar-refractivity contribution in [3.63, 3.8) is 0 Å². The van der Waals surface area contributed by atoms with E-state index in [0.717, 1.165) is 39.3 Å². The summed E-state index contributed by atoms with van der Waals surface area (Å²) in [5.74, 6) is -1.40. The number of nitrogens with two attached hydrogens (primary N) is 1. The zero-order valence-electron chi connectivity index (χ0n) is 9.39. The van der Waals surface area contributed by atoms with Crippen molar-refractivity contribution in [2.45, 2.75) is 0 Å². The van der Waals surface area contributed by atoms with E-state index in [-0.39, 0.29) is 0 Å². The van der Waals surface area contributed by atoms with Crippen LogP contribution >= 0.6 is 0 Å². The fourth-order valence-corrected chi connectivity index (χ4v) is 1.58. The molecule has 2 rings (SSSR count). The van der Waals surface area contributed by atoms with Gasteiger partial charge < -0.3 is 10.6 Å². The second kappa shape index (κ2) is 4.80. The number of hydrogen-bond donors (Lipinski definition) is 1. The van der Waals surface area contributed by atoms with E-state index in [0.29, 0.717) is 13.1 Å². The topological polar surface area (TPSA) is 69.4 Å². The van der Waals surface area contributed by atoms with Crippen LogP contribution in [0.3, 0.4) is 0 Å². The summed E-state index contributed by atoms with van der Waals surface area (Å²) in [7, 11) is 0. The maximum absolute atomic E-state index is 11.5. The molecule has 0 saturated carbocycles. The maximum Gasteiger partial charge on any atom is 0.311 e. The highest BCUT2D eigenvalue weighted by molar-refractivity contribution is 6.34. The number of carbonyl (C=O) groups is 2. The molecule has 2 aliphatic heterocycles. The highest BCUT2D eigenvalue weighted by atomic mass is 16.2. The minimum absolute atomic E-state index is 0.552. The summed E-state index contributed by atoms with van der Waals surface area (Å²) in [6.07, 6.45) is 0. The Labute approximate surface area is 95.0 Å². The van der Waals surface area contributed by atoms with Gasteiger partial charge in [-0.3, -0.25) is 19.4 Å². The van der Waals surface area contributed by atoms with Crippen molar-refractivity contribution in [1.82, 2.24) is 14.7 Å². The van der Waals surface area contributed by atoms with Crippen molar-refractivity contribution in [3.8, 4) is 0 Å². The molecule has 6 heteroatoms. The Morgan fingerprint density at radius 1 is 1.00 bits per heavy atom. The second-order valence-electron chi connectivity index (χ2n) is 4.34. The van der Waals surface area contributed by atoms with Gasteiger partial charge in [-0.2, -0.15) is 0 Å². The Morgan fingerprint density at radius 2 is 1.44 bits per heavy atom. The first kappa shape index (κ1) is 11.3. The summed E-state index contributed by atoms with van der Waals surface area (Å²) in [6.45, 7) is 7.31. The van der Waals surface area contributed by atoms with Gasteiger partial charge in [0.25, 0.3) is 0 Å². The van der Waals surface area contributed by atoms with Gasteiger partial charge in [0, 0.05) is 52.4 Å². The maximum atomic E-state index is 11.5. The molecule has 0 radical (unpaired) electrons. The Kier molecular flexibility index (Phi) is 3.40. The fraction of sp³-hybridized carbons (Fsp3) is 0.800. The van der Waals surface area contributed by atoms with Gasteiger partial charge in [-0.15, -0.1) is 0 Å². The number of hydrogen-bond acceptors (Lipinski definition) is 4. The van der Waals surface area contributed by atoms with Gasteiger partial charge in [-0.25, -0.2) is 0 Å². The molecule has 0 atom stereocenters. The number of amides is 2. The van der Waals surface area contributed by atoms with Crippen molar-refractivity contribution in [1.29, 1.82) is 0 Å². The normalized spacial score (nSPS) is 19.5. The van der Waals surface area contributed by atoms with E-state index < -0.39 is 11.8 Å². The van der Waals surface area contributed by atoms with Crippen molar-refractivity contribution < 1.29 is 9.59 Å². The largest absolute Gasteiger partial charge is 0.361 e. The molecule has 0 unspecified atom stereocenters. The molecule has 2 amide bonds. The monoisotopic (exact) mass is 226 g/mol. The molecule has 2 fully saturated rings. The van der Waals surface area contributed by atoms with Crippen molar-refractivity contribution in [3.05, 3.63) is 0 Å². The highest BCUT2D eigenvalue weighted by Gasteiger charge is 2.25. The minimum atomic E-state index is -0.850. The molecular weight excluding hydrogens is 208 g/mol. The number of rotatable bonds is 6. The van der Waals surface area contributed by atoms with Crippen LogP contribution in [0.25, 0.3) is 0 Å². The molecule has 2 aliphatic rings. The quantitative estimate of drug-likeness (QED) is 0.417. The molecule has 16 heavy (non-hydrogen) atoms. The molecule has 0 spiro atoms. The molecular formula is C10H18N4O2. The summed E-state index contributed by atoms with van der Waals surface area (Å²) in [6, 6.07) is 0. The third-order valence-corrected chi connectivity index (χ3v) is 2.95. The number of carbonyl (C=O) groups excluding carboxylic acids is 2. The van der Waals surface area contributed by atoms with Gasteiger partial charge in [0.15, 0.2) is 0 Å². The van der Waals surface area contributed by atoms with Gasteiger partial charge in [0.05, 0.1) is 0 Å². The number of primary amides is 1. The molecule has 0 aromatic rings. The zero-order valence-corrected chi connectivity index (χ0v) is 9.39. The lowest BCUT2D eigenvalue weighted by atomic mass is 10.4. The Bertz CT molecular complexity index is 271. The lowest BCUT2D eigenvalue weighted by molar-refractivity contribution is -0.144. The van der Waals surface area contributed by atoms with E-state index in [4.69, 9.17) is 5.73 Å². The Hall–Kier alpha value is -1.14. The summed E-state index contributed by atoms with van der Waals surface area (Å²) in [4.78, 5) is 28.4. The SMILES string of the molecule is NC(=O)C(=O)N(CCN1CC1)CCN1CC1. The average Bonchev–Trinajstić information content (AvgIpc) is 3.12. The zero-order chi connectivity index (χ0) is 11.5. The van der Waals surface area contributed by atoms with Crippen LogP contribution in [0.5, 0.6) is 0 Å². The van der Waals surface area contributed by atoms with Gasteiger partial charge in [0.2, 0.25) is 0 Å². The summed E-state index contributed by atoms with van der Waals surface area (Å²) in [5, 5.41) is 0. The first-order chi connectivity index (χ1) is 7.66. The second-order valence-corrected chi connectivity index (χ2v) is 4.34. The molecule has 2 N–H and O–H groups in total. The van der Waals surface area contributed by atoms with E-state index in [1.165, 1.54) is 0 Å². The summed E-state index contributed by atoms with van der Waals surface area (Å²) in [5.41, 5.74) is 5.02. The first-order valence-corrected chi connectivity index (χ1v) is 5.70. The van der Waals surface area contributed by atoms with Crippen LogP contribution in [0.2, 0.25) is 0 Å². The molecule has 0 aromatic carbocycles. The third kappa shape index (κ3) is 3.46. The van der Waals surface area contributed by atoms with Crippen LogP contribution < -0.4 is 5.73 Å². The smallest absolute Gasteiger partial charge is 0.311 e. The molecule has 2 saturated heterocycles. The van der Waals surface area contributed by atoms with Gasteiger partial charge in [0.1, 0.15) is 0 Å². The van der Waals surface area contributed by atoms with Crippen LogP contribution in [-0.4, -0.2) is 78.9 Å².